The predicted octanol–water partition coefficient (Wildman–Crippen LogP) is 3.57. The van der Waals surface area contributed by atoms with Crippen LogP contribution in [0.25, 0.3) is 0 Å². The molecule has 3 rings (SSSR count). The number of fused-ring (bicyclic) bond motifs is 1. The Morgan fingerprint density at radius 3 is 3.00 bits per heavy atom. The molecule has 1 aromatic rings. The van der Waals surface area contributed by atoms with Crippen LogP contribution in [0, 0.1) is 19.6 Å². The number of benzene rings is 1. The van der Waals surface area contributed by atoms with Crippen molar-refractivity contribution < 1.29 is 9.66 Å². The molecule has 3 unspecified atom stereocenters. The van der Waals surface area contributed by atoms with Crippen molar-refractivity contribution in [2.45, 2.75) is 37.8 Å². The van der Waals surface area contributed by atoms with Crippen molar-refractivity contribution >= 4 is 34.0 Å². The lowest BCUT2D eigenvalue weighted by atomic mass is 9.81. The highest BCUT2D eigenvalue weighted by atomic mass is 127. The molecule has 1 N–H and O–H groups in total. The van der Waals surface area contributed by atoms with E-state index in [1.165, 1.54) is 0 Å². The number of ether oxygens (including phenoxy) is 1. The summed E-state index contributed by atoms with van der Waals surface area (Å²) in [6.45, 7) is 0.822. The van der Waals surface area contributed by atoms with E-state index in [1.807, 2.05) is 12.1 Å². The molecule has 1 aliphatic carbocycles. The van der Waals surface area contributed by atoms with Gasteiger partial charge in [-0.1, -0.05) is 0 Å². The van der Waals surface area contributed by atoms with Crippen LogP contribution in [0.15, 0.2) is 18.2 Å². The van der Waals surface area contributed by atoms with Gasteiger partial charge in [0.25, 0.3) is 5.69 Å². The standard InChI is InChI=1S/C14H17IN2O3/c15-9-4-5-12(13(8-9)17(18)19)16-11-2-1-3-14-10(11)6-7-20-14/h4-5,8,10-11,14,16H,1-3,6-7H2. The van der Waals surface area contributed by atoms with Crippen molar-refractivity contribution in [1.29, 1.82) is 0 Å². The van der Waals surface area contributed by atoms with Crippen LogP contribution in [0.4, 0.5) is 11.4 Å². The Kier molecular flexibility index (Phi) is 4.11. The first kappa shape index (κ1) is 14.1. The molecule has 0 radical (unpaired) electrons. The molecule has 20 heavy (non-hydrogen) atoms. The van der Waals surface area contributed by atoms with Crippen molar-refractivity contribution in [1.82, 2.24) is 0 Å². The van der Waals surface area contributed by atoms with Gasteiger partial charge in [-0.2, -0.15) is 0 Å². The van der Waals surface area contributed by atoms with Crippen molar-refractivity contribution in [3.63, 3.8) is 0 Å². The molecular formula is C14H17IN2O3. The average molecular weight is 388 g/mol. The van der Waals surface area contributed by atoms with Gasteiger partial charge in [-0.05, 0) is 60.4 Å². The summed E-state index contributed by atoms with van der Waals surface area (Å²) in [4.78, 5) is 10.9. The monoisotopic (exact) mass is 388 g/mol. The normalized spacial score (nSPS) is 28.9. The van der Waals surface area contributed by atoms with E-state index in [2.05, 4.69) is 27.9 Å². The highest BCUT2D eigenvalue weighted by Crippen LogP contribution is 2.37. The lowest BCUT2D eigenvalue weighted by molar-refractivity contribution is -0.384. The van der Waals surface area contributed by atoms with E-state index in [-0.39, 0.29) is 16.7 Å². The third-order valence-corrected chi connectivity index (χ3v) is 4.95. The lowest BCUT2D eigenvalue weighted by Gasteiger charge is -2.33. The molecule has 3 atom stereocenters. The minimum atomic E-state index is -0.310. The molecule has 0 spiro atoms. The molecule has 2 aliphatic rings. The molecule has 1 saturated heterocycles. The first-order valence-corrected chi connectivity index (χ1v) is 8.05. The maximum atomic E-state index is 11.2. The third-order valence-electron chi connectivity index (χ3n) is 4.28. The molecule has 1 aromatic carbocycles. The number of halogens is 1. The number of hydrogen-bond donors (Lipinski definition) is 1. The maximum Gasteiger partial charge on any atom is 0.293 e. The summed E-state index contributed by atoms with van der Waals surface area (Å²) in [5.74, 6) is 0.489. The van der Waals surface area contributed by atoms with Crippen LogP contribution < -0.4 is 5.32 Å². The van der Waals surface area contributed by atoms with Gasteiger partial charge in [-0.25, -0.2) is 0 Å². The van der Waals surface area contributed by atoms with E-state index >= 15 is 0 Å². The summed E-state index contributed by atoms with van der Waals surface area (Å²) < 4.78 is 6.63. The van der Waals surface area contributed by atoms with Gasteiger partial charge in [-0.3, -0.25) is 10.1 Å². The van der Waals surface area contributed by atoms with Crippen LogP contribution in [-0.4, -0.2) is 23.7 Å². The Hall–Kier alpha value is -0.890. The Balaban J connectivity index is 1.82. The number of anilines is 1. The van der Waals surface area contributed by atoms with Gasteiger partial charge >= 0.3 is 0 Å². The zero-order chi connectivity index (χ0) is 14.1. The molecule has 6 heteroatoms. The van der Waals surface area contributed by atoms with E-state index < -0.39 is 0 Å². The Bertz CT molecular complexity index is 523. The summed E-state index contributed by atoms with van der Waals surface area (Å²) in [6.07, 6.45) is 4.70. The lowest BCUT2D eigenvalue weighted by Crippen LogP contribution is -2.38. The fourth-order valence-corrected chi connectivity index (χ4v) is 3.81. The second-order valence-corrected chi connectivity index (χ2v) is 6.71. The summed E-state index contributed by atoms with van der Waals surface area (Å²) in [6, 6.07) is 5.63. The topological polar surface area (TPSA) is 64.4 Å². The number of nitrogens with one attached hydrogen (secondary N) is 1. The summed E-state index contributed by atoms with van der Waals surface area (Å²) >= 11 is 2.10. The van der Waals surface area contributed by atoms with Gasteiger partial charge in [0, 0.05) is 28.2 Å². The van der Waals surface area contributed by atoms with Crippen molar-refractivity contribution in [3.05, 3.63) is 31.9 Å². The Morgan fingerprint density at radius 1 is 1.35 bits per heavy atom. The van der Waals surface area contributed by atoms with Gasteiger partial charge < -0.3 is 10.1 Å². The van der Waals surface area contributed by atoms with Crippen molar-refractivity contribution in [2.75, 3.05) is 11.9 Å². The molecule has 1 saturated carbocycles. The molecule has 108 valence electrons. The molecule has 0 aromatic heterocycles. The number of rotatable bonds is 3. The highest BCUT2D eigenvalue weighted by Gasteiger charge is 2.38. The van der Waals surface area contributed by atoms with E-state index in [9.17, 15) is 10.1 Å². The highest BCUT2D eigenvalue weighted by molar-refractivity contribution is 14.1. The molecule has 0 bridgehead atoms. The zero-order valence-corrected chi connectivity index (χ0v) is 13.2. The van der Waals surface area contributed by atoms with Crippen LogP contribution >= 0.6 is 22.6 Å². The average Bonchev–Trinajstić information content (AvgIpc) is 2.90. The van der Waals surface area contributed by atoms with Gasteiger partial charge in [0.05, 0.1) is 11.0 Å². The Labute approximate surface area is 131 Å². The van der Waals surface area contributed by atoms with Crippen LogP contribution in [0.3, 0.4) is 0 Å². The third kappa shape index (κ3) is 2.76. The largest absolute Gasteiger partial charge is 0.378 e. The van der Waals surface area contributed by atoms with Crippen LogP contribution in [0.5, 0.6) is 0 Å². The molecular weight excluding hydrogens is 371 g/mol. The van der Waals surface area contributed by atoms with Crippen molar-refractivity contribution in [3.8, 4) is 0 Å². The van der Waals surface area contributed by atoms with E-state index in [4.69, 9.17) is 4.74 Å². The minimum Gasteiger partial charge on any atom is -0.378 e. The molecule has 1 heterocycles. The summed E-state index contributed by atoms with van der Waals surface area (Å²) in [7, 11) is 0. The van der Waals surface area contributed by atoms with Crippen LogP contribution in [0.2, 0.25) is 0 Å². The Morgan fingerprint density at radius 2 is 2.20 bits per heavy atom. The molecule has 0 amide bonds. The van der Waals surface area contributed by atoms with Crippen molar-refractivity contribution in [2.24, 2.45) is 5.92 Å². The maximum absolute atomic E-state index is 11.2. The smallest absolute Gasteiger partial charge is 0.293 e. The number of nitro groups is 1. The summed E-state index contributed by atoms with van der Waals surface area (Å²) in [5, 5.41) is 14.6. The summed E-state index contributed by atoms with van der Waals surface area (Å²) in [5.41, 5.74) is 0.797. The van der Waals surface area contributed by atoms with E-state index in [0.717, 1.165) is 35.9 Å². The SMILES string of the molecule is O=[N+]([O-])c1cc(I)ccc1NC1CCCC2OCCC12. The van der Waals surface area contributed by atoms with E-state index in [0.29, 0.717) is 17.7 Å². The van der Waals surface area contributed by atoms with Crippen LogP contribution in [0.1, 0.15) is 25.7 Å². The first-order valence-electron chi connectivity index (χ1n) is 6.97. The predicted molar refractivity (Wildman–Crippen MR) is 84.9 cm³/mol. The fourth-order valence-electron chi connectivity index (χ4n) is 3.33. The quantitative estimate of drug-likeness (QED) is 0.489. The second-order valence-electron chi connectivity index (χ2n) is 5.46. The molecule has 1 aliphatic heterocycles. The second kappa shape index (κ2) is 5.85. The first-order chi connectivity index (χ1) is 9.65. The van der Waals surface area contributed by atoms with Crippen LogP contribution in [-0.2, 0) is 4.74 Å². The van der Waals surface area contributed by atoms with E-state index in [1.54, 1.807) is 6.07 Å². The zero-order valence-electron chi connectivity index (χ0n) is 11.0. The number of nitro benzene ring substituents is 1. The van der Waals surface area contributed by atoms with Gasteiger partial charge in [0.15, 0.2) is 0 Å². The number of nitrogens with zero attached hydrogens (tertiary/aromatic N) is 1. The minimum absolute atomic E-state index is 0.165. The number of hydrogen-bond acceptors (Lipinski definition) is 4. The van der Waals surface area contributed by atoms with Gasteiger partial charge in [-0.15, -0.1) is 0 Å². The van der Waals surface area contributed by atoms with Gasteiger partial charge in [0.1, 0.15) is 5.69 Å². The van der Waals surface area contributed by atoms with Gasteiger partial charge in [0.2, 0.25) is 0 Å². The fraction of sp³-hybridized carbons (Fsp3) is 0.571. The molecule has 5 nitrogen and oxygen atoms in total. The molecule has 2 fully saturated rings.